The molecule has 0 aliphatic heterocycles. The summed E-state index contributed by atoms with van der Waals surface area (Å²) in [5.74, 6) is -0.761. The van der Waals surface area contributed by atoms with Gasteiger partial charge in [0.2, 0.25) is 0 Å². The third-order valence-corrected chi connectivity index (χ3v) is 4.06. The smallest absolute Gasteiger partial charge is 0.406 e. The largest absolute Gasteiger partial charge is 0.573 e. The summed E-state index contributed by atoms with van der Waals surface area (Å²) in [5, 5.41) is 10.6. The van der Waals surface area contributed by atoms with E-state index in [1.165, 1.54) is 36.3 Å². The number of nitrogens with zero attached hydrogens (tertiary/aromatic N) is 5. The van der Waals surface area contributed by atoms with Crippen LogP contribution in [0.15, 0.2) is 41.5 Å². The van der Waals surface area contributed by atoms with Crippen molar-refractivity contribution in [2.45, 2.75) is 19.3 Å². The van der Waals surface area contributed by atoms with Crippen LogP contribution in [-0.4, -0.2) is 36.8 Å². The van der Waals surface area contributed by atoms with Gasteiger partial charge < -0.3 is 10.1 Å². The molecule has 3 rings (SSSR count). The Kier molecular flexibility index (Phi) is 5.78. The molecule has 13 heteroatoms. The van der Waals surface area contributed by atoms with E-state index in [1.807, 2.05) is 0 Å². The van der Waals surface area contributed by atoms with Crippen molar-refractivity contribution < 1.29 is 22.7 Å². The first-order valence-corrected chi connectivity index (χ1v) is 8.73. The zero-order valence-electron chi connectivity index (χ0n) is 15.5. The van der Waals surface area contributed by atoms with Gasteiger partial charge in [-0.2, -0.15) is 9.78 Å². The molecule has 0 aliphatic rings. The minimum atomic E-state index is -4.93. The Morgan fingerprint density at radius 1 is 1.27 bits per heavy atom. The van der Waals surface area contributed by atoms with Gasteiger partial charge in [0.1, 0.15) is 12.1 Å². The van der Waals surface area contributed by atoms with E-state index in [0.717, 1.165) is 16.8 Å². The molecule has 158 valence electrons. The minimum Gasteiger partial charge on any atom is -0.406 e. The van der Waals surface area contributed by atoms with Gasteiger partial charge in [-0.05, 0) is 31.2 Å². The van der Waals surface area contributed by atoms with E-state index in [9.17, 15) is 22.8 Å². The fourth-order valence-corrected chi connectivity index (χ4v) is 2.78. The summed E-state index contributed by atoms with van der Waals surface area (Å²) in [6, 6.07) is 5.08. The topological polar surface area (TPSA) is 104 Å². The Balaban J connectivity index is 1.83. The second kappa shape index (κ2) is 8.14. The SMILES string of the molecule is C[C@H](NC(=O)c1cc(Cl)cc(OC(F)(F)F)c1)c1ncnn1-c1ccc(=O)n(C)n1. The van der Waals surface area contributed by atoms with Crippen LogP contribution in [-0.2, 0) is 7.05 Å². The number of rotatable bonds is 5. The monoisotopic (exact) mass is 442 g/mol. The van der Waals surface area contributed by atoms with Crippen LogP contribution < -0.4 is 15.6 Å². The van der Waals surface area contributed by atoms with Gasteiger partial charge in [0.25, 0.3) is 11.5 Å². The number of ether oxygens (including phenoxy) is 1. The number of amides is 1. The molecular formula is C17H14ClF3N6O3. The summed E-state index contributed by atoms with van der Waals surface area (Å²) in [6.45, 7) is 1.60. The van der Waals surface area contributed by atoms with Crippen LogP contribution in [0.1, 0.15) is 29.1 Å². The normalized spacial score (nSPS) is 12.5. The molecular weight excluding hydrogens is 429 g/mol. The van der Waals surface area contributed by atoms with E-state index in [2.05, 4.69) is 25.2 Å². The summed E-state index contributed by atoms with van der Waals surface area (Å²) in [4.78, 5) is 28.1. The van der Waals surface area contributed by atoms with E-state index in [-0.39, 0.29) is 27.8 Å². The zero-order chi connectivity index (χ0) is 22.1. The fourth-order valence-electron chi connectivity index (χ4n) is 2.56. The molecule has 2 aromatic heterocycles. The van der Waals surface area contributed by atoms with Crippen molar-refractivity contribution in [3.05, 3.63) is 63.4 Å². The molecule has 1 amide bonds. The Bertz CT molecular complexity index is 1140. The van der Waals surface area contributed by atoms with Gasteiger partial charge in [-0.15, -0.1) is 18.3 Å². The number of nitrogens with one attached hydrogen (secondary N) is 1. The van der Waals surface area contributed by atoms with Gasteiger partial charge in [0.15, 0.2) is 11.6 Å². The van der Waals surface area contributed by atoms with Crippen LogP contribution in [0.4, 0.5) is 13.2 Å². The van der Waals surface area contributed by atoms with Gasteiger partial charge in [0.05, 0.1) is 6.04 Å². The van der Waals surface area contributed by atoms with Crippen LogP contribution in [0.25, 0.3) is 5.82 Å². The molecule has 1 aromatic carbocycles. The third-order valence-electron chi connectivity index (χ3n) is 3.84. The maximum Gasteiger partial charge on any atom is 0.573 e. The van der Waals surface area contributed by atoms with Gasteiger partial charge in [-0.3, -0.25) is 9.59 Å². The summed E-state index contributed by atoms with van der Waals surface area (Å²) in [5.41, 5.74) is -0.459. The Morgan fingerprint density at radius 3 is 2.67 bits per heavy atom. The van der Waals surface area contributed by atoms with E-state index < -0.39 is 24.1 Å². The van der Waals surface area contributed by atoms with Crippen molar-refractivity contribution >= 4 is 17.5 Å². The second-order valence-electron chi connectivity index (χ2n) is 6.10. The Morgan fingerprint density at radius 2 is 2.00 bits per heavy atom. The molecule has 3 aromatic rings. The highest BCUT2D eigenvalue weighted by Gasteiger charge is 2.31. The highest BCUT2D eigenvalue weighted by Crippen LogP contribution is 2.27. The average Bonchev–Trinajstić information content (AvgIpc) is 3.12. The molecule has 1 atom stereocenters. The lowest BCUT2D eigenvalue weighted by Crippen LogP contribution is -2.29. The lowest BCUT2D eigenvalue weighted by Gasteiger charge is -2.15. The average molecular weight is 443 g/mol. The molecule has 0 saturated heterocycles. The van der Waals surface area contributed by atoms with Crippen molar-refractivity contribution in [2.24, 2.45) is 7.05 Å². The molecule has 30 heavy (non-hydrogen) atoms. The first-order valence-electron chi connectivity index (χ1n) is 8.35. The fraction of sp³-hybridized carbons (Fsp3) is 0.235. The Labute approximate surface area is 172 Å². The van der Waals surface area contributed by atoms with Crippen LogP contribution in [0.3, 0.4) is 0 Å². The maximum absolute atomic E-state index is 12.5. The summed E-state index contributed by atoms with van der Waals surface area (Å²) in [7, 11) is 1.47. The highest BCUT2D eigenvalue weighted by atomic mass is 35.5. The third kappa shape index (κ3) is 4.95. The second-order valence-corrected chi connectivity index (χ2v) is 6.54. The number of halogens is 4. The summed E-state index contributed by atoms with van der Waals surface area (Å²) >= 11 is 5.80. The van der Waals surface area contributed by atoms with E-state index in [1.54, 1.807) is 6.92 Å². The van der Waals surface area contributed by atoms with Gasteiger partial charge in [-0.1, -0.05) is 11.6 Å². The van der Waals surface area contributed by atoms with E-state index in [0.29, 0.717) is 0 Å². The van der Waals surface area contributed by atoms with Crippen LogP contribution in [0.2, 0.25) is 5.02 Å². The molecule has 0 unspecified atom stereocenters. The quantitative estimate of drug-likeness (QED) is 0.650. The summed E-state index contributed by atoms with van der Waals surface area (Å²) < 4.78 is 43.6. The molecule has 0 radical (unpaired) electrons. The lowest BCUT2D eigenvalue weighted by molar-refractivity contribution is -0.274. The van der Waals surface area contributed by atoms with Crippen molar-refractivity contribution in [3.63, 3.8) is 0 Å². The predicted molar refractivity (Wildman–Crippen MR) is 98.4 cm³/mol. The first kappa shape index (κ1) is 21.3. The van der Waals surface area contributed by atoms with Crippen molar-refractivity contribution in [2.75, 3.05) is 0 Å². The molecule has 0 aliphatic carbocycles. The van der Waals surface area contributed by atoms with E-state index in [4.69, 9.17) is 11.6 Å². The maximum atomic E-state index is 12.5. The number of hydrogen-bond acceptors (Lipinski definition) is 6. The number of aryl methyl sites for hydroxylation is 1. The highest BCUT2D eigenvalue weighted by molar-refractivity contribution is 6.31. The van der Waals surface area contributed by atoms with Crippen molar-refractivity contribution in [1.29, 1.82) is 0 Å². The minimum absolute atomic E-state index is 0.105. The number of alkyl halides is 3. The molecule has 9 nitrogen and oxygen atoms in total. The molecule has 2 heterocycles. The van der Waals surface area contributed by atoms with Gasteiger partial charge >= 0.3 is 6.36 Å². The first-order chi connectivity index (χ1) is 14.0. The van der Waals surface area contributed by atoms with Crippen LogP contribution in [0.5, 0.6) is 5.75 Å². The number of aromatic nitrogens is 5. The predicted octanol–water partition coefficient (Wildman–Crippen LogP) is 2.40. The number of carbonyl (C=O) groups excluding carboxylic acids is 1. The molecule has 0 fully saturated rings. The van der Waals surface area contributed by atoms with E-state index >= 15 is 0 Å². The van der Waals surface area contributed by atoms with Gasteiger partial charge in [-0.25, -0.2) is 9.67 Å². The number of benzene rings is 1. The molecule has 0 saturated carbocycles. The number of hydrogen-bond donors (Lipinski definition) is 1. The summed E-state index contributed by atoms with van der Waals surface area (Å²) in [6.07, 6.45) is -3.69. The standard InChI is InChI=1S/C17H14ClF3N6O3/c1-9(15-22-8-23-27(15)13-3-4-14(28)26(2)25-13)24-16(29)10-5-11(18)7-12(6-10)30-17(19,20)21/h3-9H,1-2H3,(H,24,29)/t9-/m0/s1. The lowest BCUT2D eigenvalue weighted by atomic mass is 10.2. The molecule has 0 spiro atoms. The van der Waals surface area contributed by atoms with Crippen molar-refractivity contribution in [3.8, 4) is 11.6 Å². The molecule has 1 N–H and O–H groups in total. The zero-order valence-corrected chi connectivity index (χ0v) is 16.3. The number of carbonyl (C=O) groups is 1. The van der Waals surface area contributed by atoms with Crippen LogP contribution >= 0.6 is 11.6 Å². The Hall–Kier alpha value is -3.41. The van der Waals surface area contributed by atoms with Crippen molar-refractivity contribution in [1.82, 2.24) is 29.9 Å². The molecule has 0 bridgehead atoms. The van der Waals surface area contributed by atoms with Gasteiger partial charge in [0, 0.05) is 23.7 Å². The van der Waals surface area contributed by atoms with Crippen LogP contribution in [0, 0.1) is 0 Å².